The quantitative estimate of drug-likeness (QED) is 0.859. The Balaban J connectivity index is 1.42. The van der Waals surface area contributed by atoms with Gasteiger partial charge in [-0.15, -0.1) is 0 Å². The maximum absolute atomic E-state index is 12.7. The first-order valence-electron chi connectivity index (χ1n) is 9.11. The Morgan fingerprint density at radius 1 is 1.23 bits per heavy atom. The van der Waals surface area contributed by atoms with E-state index in [2.05, 4.69) is 22.1 Å². The number of carbonyl (C=O) groups excluding carboxylic acids is 1. The summed E-state index contributed by atoms with van der Waals surface area (Å²) in [4.78, 5) is 19.4. The average molecular weight is 390 g/mol. The molecule has 1 aliphatic heterocycles. The molecule has 0 unspecified atom stereocenters. The molecule has 3 rings (SSSR count). The van der Waals surface area contributed by atoms with Crippen LogP contribution in [-0.4, -0.2) is 54.6 Å². The van der Waals surface area contributed by atoms with E-state index in [4.69, 9.17) is 0 Å². The molecule has 0 atom stereocenters. The lowest BCUT2D eigenvalue weighted by atomic mass is 9.87. The average Bonchev–Trinajstić information content (AvgIpc) is 3.08. The van der Waals surface area contributed by atoms with E-state index in [1.165, 1.54) is 0 Å². The predicted octanol–water partition coefficient (Wildman–Crippen LogP) is 2.98. The van der Waals surface area contributed by atoms with Gasteiger partial charge < -0.3 is 10.2 Å². The summed E-state index contributed by atoms with van der Waals surface area (Å²) in [6.45, 7) is 5.06. The van der Waals surface area contributed by atoms with Gasteiger partial charge in [-0.3, -0.25) is 9.69 Å². The van der Waals surface area contributed by atoms with Gasteiger partial charge in [0.05, 0.1) is 12.7 Å². The van der Waals surface area contributed by atoms with Gasteiger partial charge >= 0.3 is 6.18 Å². The summed E-state index contributed by atoms with van der Waals surface area (Å²) in [5, 5.41) is 3.52. The van der Waals surface area contributed by atoms with Crippen LogP contribution in [0.3, 0.4) is 0 Å². The van der Waals surface area contributed by atoms with Crippen molar-refractivity contribution in [1.29, 1.82) is 0 Å². The van der Waals surface area contributed by atoms with Crippen LogP contribution in [0.15, 0.2) is 6.20 Å². The molecule has 2 aliphatic rings. The third-order valence-electron chi connectivity index (χ3n) is 5.16. The Kier molecular flexibility index (Phi) is 6.06. The van der Waals surface area contributed by atoms with Gasteiger partial charge in [-0.2, -0.15) is 13.2 Å². The molecule has 0 bridgehead atoms. The van der Waals surface area contributed by atoms with E-state index in [9.17, 15) is 18.0 Å². The van der Waals surface area contributed by atoms with Gasteiger partial charge in [0.2, 0.25) is 5.91 Å². The molecule has 146 valence electrons. The van der Waals surface area contributed by atoms with Crippen molar-refractivity contribution < 1.29 is 18.0 Å². The molecule has 1 N–H and O–H groups in total. The first-order chi connectivity index (χ1) is 12.3. The highest BCUT2D eigenvalue weighted by molar-refractivity contribution is 7.15. The second kappa shape index (κ2) is 8.12. The standard InChI is InChI=1S/C17H25F3N4OS/c1-12-2-4-13(5-3-12)22-15(25)11-23-6-8-24(9-7-23)16-21-10-14(26-16)17(18,19)20/h10,12-13H,2-9,11H2,1H3,(H,22,25). The van der Waals surface area contributed by atoms with Crippen LogP contribution in [0.4, 0.5) is 18.3 Å². The van der Waals surface area contributed by atoms with E-state index in [-0.39, 0.29) is 11.9 Å². The van der Waals surface area contributed by atoms with Crippen molar-refractivity contribution >= 4 is 22.4 Å². The molecule has 1 saturated carbocycles. The Morgan fingerprint density at radius 3 is 2.46 bits per heavy atom. The van der Waals surface area contributed by atoms with Crippen LogP contribution in [0.5, 0.6) is 0 Å². The van der Waals surface area contributed by atoms with Crippen molar-refractivity contribution in [3.63, 3.8) is 0 Å². The Morgan fingerprint density at radius 2 is 1.88 bits per heavy atom. The van der Waals surface area contributed by atoms with Crippen molar-refractivity contribution in [2.75, 3.05) is 37.6 Å². The number of halogens is 3. The summed E-state index contributed by atoms with van der Waals surface area (Å²) < 4.78 is 38.1. The van der Waals surface area contributed by atoms with Gasteiger partial charge in [0.15, 0.2) is 5.13 Å². The maximum atomic E-state index is 12.7. The third kappa shape index (κ3) is 5.09. The molecule has 2 fully saturated rings. The van der Waals surface area contributed by atoms with Crippen LogP contribution < -0.4 is 10.2 Å². The van der Waals surface area contributed by atoms with E-state index in [0.29, 0.717) is 49.2 Å². The van der Waals surface area contributed by atoms with Crippen molar-refractivity contribution in [2.24, 2.45) is 5.92 Å². The lowest BCUT2D eigenvalue weighted by Crippen LogP contribution is -2.50. The second-order valence-electron chi connectivity index (χ2n) is 7.29. The number of nitrogens with zero attached hydrogens (tertiary/aromatic N) is 3. The predicted molar refractivity (Wildman–Crippen MR) is 95.3 cm³/mol. The van der Waals surface area contributed by atoms with E-state index >= 15 is 0 Å². The normalized spacial score (nSPS) is 25.3. The highest BCUT2D eigenvalue weighted by atomic mass is 32.1. The Labute approximate surface area is 155 Å². The van der Waals surface area contributed by atoms with Gasteiger partial charge in [0.1, 0.15) is 4.88 Å². The number of aromatic nitrogens is 1. The molecule has 0 aromatic carbocycles. The van der Waals surface area contributed by atoms with Crippen LogP contribution in [-0.2, 0) is 11.0 Å². The zero-order valence-electron chi connectivity index (χ0n) is 14.9. The Bertz CT molecular complexity index is 605. The van der Waals surface area contributed by atoms with Crippen LogP contribution >= 0.6 is 11.3 Å². The number of carbonyl (C=O) groups is 1. The van der Waals surface area contributed by atoms with E-state index in [0.717, 1.165) is 37.8 Å². The van der Waals surface area contributed by atoms with E-state index in [1.807, 2.05) is 4.90 Å². The number of thiazole rings is 1. The van der Waals surface area contributed by atoms with Gasteiger partial charge in [-0.05, 0) is 31.6 Å². The molecule has 1 aromatic heterocycles. The smallest absolute Gasteiger partial charge is 0.352 e. The van der Waals surface area contributed by atoms with Crippen molar-refractivity contribution in [2.45, 2.75) is 44.8 Å². The largest absolute Gasteiger partial charge is 0.427 e. The molecule has 2 heterocycles. The number of nitrogens with one attached hydrogen (secondary N) is 1. The molecular weight excluding hydrogens is 365 g/mol. The highest BCUT2D eigenvalue weighted by Gasteiger charge is 2.34. The highest BCUT2D eigenvalue weighted by Crippen LogP contribution is 2.36. The fraction of sp³-hybridized carbons (Fsp3) is 0.765. The van der Waals surface area contributed by atoms with Crippen LogP contribution in [0.2, 0.25) is 0 Å². The number of rotatable bonds is 4. The van der Waals surface area contributed by atoms with Gasteiger partial charge in [-0.25, -0.2) is 4.98 Å². The number of alkyl halides is 3. The van der Waals surface area contributed by atoms with E-state index < -0.39 is 11.1 Å². The van der Waals surface area contributed by atoms with Crippen molar-refractivity contribution in [1.82, 2.24) is 15.2 Å². The molecule has 0 spiro atoms. The maximum Gasteiger partial charge on any atom is 0.427 e. The van der Waals surface area contributed by atoms with Gasteiger partial charge in [0.25, 0.3) is 0 Å². The molecule has 1 aliphatic carbocycles. The van der Waals surface area contributed by atoms with Crippen LogP contribution in [0.1, 0.15) is 37.5 Å². The van der Waals surface area contributed by atoms with Gasteiger partial charge in [0, 0.05) is 32.2 Å². The second-order valence-corrected chi connectivity index (χ2v) is 8.30. The zero-order chi connectivity index (χ0) is 18.7. The van der Waals surface area contributed by atoms with Gasteiger partial charge in [-0.1, -0.05) is 18.3 Å². The lowest BCUT2D eigenvalue weighted by Gasteiger charge is -2.34. The number of hydrogen-bond acceptors (Lipinski definition) is 5. The first-order valence-corrected chi connectivity index (χ1v) is 9.92. The third-order valence-corrected chi connectivity index (χ3v) is 6.27. The first kappa shape index (κ1) is 19.4. The van der Waals surface area contributed by atoms with Crippen molar-refractivity contribution in [3.8, 4) is 0 Å². The molecule has 26 heavy (non-hydrogen) atoms. The fourth-order valence-corrected chi connectivity index (χ4v) is 4.36. The summed E-state index contributed by atoms with van der Waals surface area (Å²) in [7, 11) is 0. The summed E-state index contributed by atoms with van der Waals surface area (Å²) in [5.74, 6) is 0.798. The summed E-state index contributed by atoms with van der Waals surface area (Å²) >= 11 is 0.677. The number of piperazine rings is 1. The fourth-order valence-electron chi connectivity index (χ4n) is 3.52. The van der Waals surface area contributed by atoms with Crippen molar-refractivity contribution in [3.05, 3.63) is 11.1 Å². The topological polar surface area (TPSA) is 48.5 Å². The Hall–Kier alpha value is -1.35. The molecule has 9 heteroatoms. The lowest BCUT2D eigenvalue weighted by molar-refractivity contribution is -0.134. The number of hydrogen-bond donors (Lipinski definition) is 1. The summed E-state index contributed by atoms with van der Waals surface area (Å²) in [6, 6.07) is 0.288. The molecule has 1 saturated heterocycles. The molecule has 0 radical (unpaired) electrons. The number of anilines is 1. The minimum absolute atomic E-state index is 0.0478. The molecule has 1 amide bonds. The van der Waals surface area contributed by atoms with Crippen LogP contribution in [0.25, 0.3) is 0 Å². The van der Waals surface area contributed by atoms with Crippen LogP contribution in [0, 0.1) is 5.92 Å². The molecular formula is C17H25F3N4OS. The summed E-state index contributed by atoms with van der Waals surface area (Å²) in [6.07, 6.45) is 0.977. The zero-order valence-corrected chi connectivity index (χ0v) is 15.7. The monoisotopic (exact) mass is 390 g/mol. The minimum Gasteiger partial charge on any atom is -0.352 e. The SMILES string of the molecule is CC1CCC(NC(=O)CN2CCN(c3ncc(C(F)(F)F)s3)CC2)CC1. The molecule has 1 aromatic rings. The molecule has 5 nitrogen and oxygen atoms in total. The minimum atomic E-state index is -4.34. The van der Waals surface area contributed by atoms with E-state index in [1.54, 1.807) is 0 Å². The summed E-state index contributed by atoms with van der Waals surface area (Å²) in [5.41, 5.74) is 0. The number of amides is 1.